The van der Waals surface area contributed by atoms with Crippen LogP contribution in [0, 0.1) is 0 Å². The van der Waals surface area contributed by atoms with E-state index in [1.165, 1.54) is 0 Å². The zero-order valence-electron chi connectivity index (χ0n) is 8.80. The van der Waals surface area contributed by atoms with Crippen LogP contribution in [-0.4, -0.2) is 21.8 Å². The predicted molar refractivity (Wildman–Crippen MR) is 62.1 cm³/mol. The molecule has 0 radical (unpaired) electrons. The molecule has 0 unspecified atom stereocenters. The van der Waals surface area contributed by atoms with Crippen LogP contribution in [0.15, 0.2) is 42.7 Å². The number of hydrogen-bond donors (Lipinski definition) is 2. The lowest BCUT2D eigenvalue weighted by Crippen LogP contribution is -1.95. The molecule has 0 atom stereocenters. The van der Waals surface area contributed by atoms with Gasteiger partial charge in [-0.3, -0.25) is 4.98 Å². The molecule has 2 rings (SSSR count). The highest BCUT2D eigenvalue weighted by molar-refractivity contribution is 5.72. The molecule has 0 spiro atoms. The Morgan fingerprint density at radius 3 is 2.62 bits per heavy atom. The van der Waals surface area contributed by atoms with Crippen molar-refractivity contribution in [1.29, 1.82) is 0 Å². The Morgan fingerprint density at radius 1 is 1.06 bits per heavy atom. The highest BCUT2D eigenvalue weighted by Crippen LogP contribution is 2.30. The summed E-state index contributed by atoms with van der Waals surface area (Å²) in [5.41, 5.74) is 2.60. The molecule has 82 valence electrons. The Hall–Kier alpha value is -1.87. The van der Waals surface area contributed by atoms with Gasteiger partial charge in [0.1, 0.15) is 5.75 Å². The Morgan fingerprint density at radius 2 is 1.88 bits per heavy atom. The van der Waals surface area contributed by atoms with Crippen molar-refractivity contribution in [2.45, 2.75) is 6.42 Å². The van der Waals surface area contributed by atoms with Crippen LogP contribution in [0.25, 0.3) is 11.1 Å². The van der Waals surface area contributed by atoms with Crippen LogP contribution in [0.3, 0.4) is 0 Å². The van der Waals surface area contributed by atoms with Crippen LogP contribution in [0.1, 0.15) is 5.56 Å². The predicted octanol–water partition coefficient (Wildman–Crippen LogP) is 1.99. The fourth-order valence-corrected chi connectivity index (χ4v) is 1.71. The number of aliphatic hydroxyl groups excluding tert-OH is 1. The van der Waals surface area contributed by atoms with Gasteiger partial charge in [-0.15, -0.1) is 0 Å². The smallest absolute Gasteiger partial charge is 0.123 e. The van der Waals surface area contributed by atoms with E-state index in [1.54, 1.807) is 24.5 Å². The van der Waals surface area contributed by atoms with E-state index in [0.717, 1.165) is 16.7 Å². The summed E-state index contributed by atoms with van der Waals surface area (Å²) in [6.45, 7) is 0.0879. The second-order valence-electron chi connectivity index (χ2n) is 3.52. The standard InChI is InChI=1S/C13H13NO2/c15-8-6-10-5-7-14-9-12(10)11-3-1-2-4-13(11)16/h1-5,7,9,15-16H,6,8H2. The van der Waals surface area contributed by atoms with Gasteiger partial charge in [0, 0.05) is 30.1 Å². The first-order valence-corrected chi connectivity index (χ1v) is 5.15. The van der Waals surface area contributed by atoms with E-state index < -0.39 is 0 Å². The molecule has 3 nitrogen and oxygen atoms in total. The van der Waals surface area contributed by atoms with E-state index in [4.69, 9.17) is 5.11 Å². The van der Waals surface area contributed by atoms with Crippen molar-refractivity contribution in [3.05, 3.63) is 48.3 Å². The van der Waals surface area contributed by atoms with Gasteiger partial charge < -0.3 is 10.2 Å². The second-order valence-corrected chi connectivity index (χ2v) is 3.52. The van der Waals surface area contributed by atoms with E-state index in [1.807, 2.05) is 18.2 Å². The SMILES string of the molecule is OCCc1ccncc1-c1ccccc1O. The maximum absolute atomic E-state index is 9.77. The third-order valence-corrected chi connectivity index (χ3v) is 2.49. The number of aliphatic hydroxyl groups is 1. The molecule has 2 N–H and O–H groups in total. The number of benzene rings is 1. The van der Waals surface area contributed by atoms with Crippen LogP contribution in [0.2, 0.25) is 0 Å². The van der Waals surface area contributed by atoms with Crippen molar-refractivity contribution in [2.24, 2.45) is 0 Å². The van der Waals surface area contributed by atoms with Gasteiger partial charge in [0.05, 0.1) is 0 Å². The van der Waals surface area contributed by atoms with E-state index in [9.17, 15) is 5.11 Å². The number of phenols is 1. The summed E-state index contributed by atoms with van der Waals surface area (Å²) in [6.07, 6.45) is 3.96. The topological polar surface area (TPSA) is 53.4 Å². The Kier molecular flexibility index (Phi) is 3.17. The first-order chi connectivity index (χ1) is 7.83. The first-order valence-electron chi connectivity index (χ1n) is 5.15. The van der Waals surface area contributed by atoms with E-state index in [0.29, 0.717) is 6.42 Å². The average molecular weight is 215 g/mol. The number of para-hydroxylation sites is 1. The van der Waals surface area contributed by atoms with Gasteiger partial charge in [-0.1, -0.05) is 18.2 Å². The van der Waals surface area contributed by atoms with Crippen LogP contribution >= 0.6 is 0 Å². The first kappa shape index (κ1) is 10.6. The molecule has 16 heavy (non-hydrogen) atoms. The summed E-state index contributed by atoms with van der Waals surface area (Å²) >= 11 is 0. The Labute approximate surface area is 94.0 Å². The monoisotopic (exact) mass is 215 g/mol. The number of hydrogen-bond acceptors (Lipinski definition) is 3. The molecule has 1 heterocycles. The Balaban J connectivity index is 2.51. The summed E-state index contributed by atoms with van der Waals surface area (Å²) in [5.74, 6) is 0.231. The molecule has 0 fully saturated rings. The van der Waals surface area contributed by atoms with Crippen molar-refractivity contribution >= 4 is 0 Å². The lowest BCUT2D eigenvalue weighted by molar-refractivity contribution is 0.299. The zero-order valence-corrected chi connectivity index (χ0v) is 8.80. The molecular formula is C13H13NO2. The molecule has 0 aliphatic rings. The van der Waals surface area contributed by atoms with Gasteiger partial charge in [-0.25, -0.2) is 0 Å². The lowest BCUT2D eigenvalue weighted by Gasteiger charge is -2.09. The average Bonchev–Trinajstić information content (AvgIpc) is 2.31. The number of aromatic nitrogens is 1. The van der Waals surface area contributed by atoms with Crippen molar-refractivity contribution in [3.8, 4) is 16.9 Å². The third kappa shape index (κ3) is 2.04. The van der Waals surface area contributed by atoms with Crippen molar-refractivity contribution < 1.29 is 10.2 Å². The van der Waals surface area contributed by atoms with Gasteiger partial charge >= 0.3 is 0 Å². The lowest BCUT2D eigenvalue weighted by atomic mass is 9.99. The molecule has 1 aromatic carbocycles. The van der Waals surface area contributed by atoms with Crippen LogP contribution in [0.5, 0.6) is 5.75 Å². The molecule has 0 saturated heterocycles. The summed E-state index contributed by atoms with van der Waals surface area (Å²) in [7, 11) is 0. The number of phenolic OH excluding ortho intramolecular Hbond substituents is 1. The van der Waals surface area contributed by atoms with E-state index in [2.05, 4.69) is 4.98 Å². The highest BCUT2D eigenvalue weighted by atomic mass is 16.3. The zero-order chi connectivity index (χ0) is 11.4. The number of nitrogens with zero attached hydrogens (tertiary/aromatic N) is 1. The maximum atomic E-state index is 9.77. The minimum absolute atomic E-state index is 0.0879. The van der Waals surface area contributed by atoms with Gasteiger partial charge in [0.15, 0.2) is 0 Å². The van der Waals surface area contributed by atoms with E-state index >= 15 is 0 Å². The summed E-state index contributed by atoms with van der Waals surface area (Å²) in [5, 5.41) is 18.7. The number of aromatic hydroxyl groups is 1. The molecule has 0 saturated carbocycles. The number of pyridine rings is 1. The highest BCUT2D eigenvalue weighted by Gasteiger charge is 2.08. The summed E-state index contributed by atoms with van der Waals surface area (Å²) < 4.78 is 0. The quantitative estimate of drug-likeness (QED) is 0.823. The van der Waals surface area contributed by atoms with Crippen LogP contribution in [-0.2, 0) is 6.42 Å². The number of rotatable bonds is 3. The molecular weight excluding hydrogens is 202 g/mol. The Bertz CT molecular complexity index is 483. The van der Waals surface area contributed by atoms with E-state index in [-0.39, 0.29) is 12.4 Å². The maximum Gasteiger partial charge on any atom is 0.123 e. The van der Waals surface area contributed by atoms with Crippen molar-refractivity contribution in [2.75, 3.05) is 6.61 Å². The molecule has 0 amide bonds. The molecule has 0 aliphatic heterocycles. The fourth-order valence-electron chi connectivity index (χ4n) is 1.71. The van der Waals surface area contributed by atoms with Gasteiger partial charge in [-0.2, -0.15) is 0 Å². The largest absolute Gasteiger partial charge is 0.507 e. The minimum atomic E-state index is 0.0879. The second kappa shape index (κ2) is 4.77. The third-order valence-electron chi connectivity index (χ3n) is 2.49. The van der Waals surface area contributed by atoms with Gasteiger partial charge in [-0.05, 0) is 24.1 Å². The molecule has 0 aliphatic carbocycles. The fraction of sp³-hybridized carbons (Fsp3) is 0.154. The molecule has 2 aromatic rings. The van der Waals surface area contributed by atoms with Crippen molar-refractivity contribution in [3.63, 3.8) is 0 Å². The normalized spacial score (nSPS) is 10.3. The van der Waals surface area contributed by atoms with Crippen molar-refractivity contribution in [1.82, 2.24) is 4.98 Å². The van der Waals surface area contributed by atoms with Crippen LogP contribution in [0.4, 0.5) is 0 Å². The minimum Gasteiger partial charge on any atom is -0.507 e. The molecule has 1 aromatic heterocycles. The summed E-state index contributed by atoms with van der Waals surface area (Å²) in [6, 6.07) is 8.99. The summed E-state index contributed by atoms with van der Waals surface area (Å²) in [4.78, 5) is 4.05. The van der Waals surface area contributed by atoms with Gasteiger partial charge in [0.2, 0.25) is 0 Å². The van der Waals surface area contributed by atoms with Crippen LogP contribution < -0.4 is 0 Å². The molecule has 3 heteroatoms. The van der Waals surface area contributed by atoms with Gasteiger partial charge in [0.25, 0.3) is 0 Å². The molecule has 0 bridgehead atoms.